The van der Waals surface area contributed by atoms with E-state index in [-0.39, 0.29) is 6.03 Å². The summed E-state index contributed by atoms with van der Waals surface area (Å²) in [6.45, 7) is 0.401. The summed E-state index contributed by atoms with van der Waals surface area (Å²) >= 11 is 0. The van der Waals surface area contributed by atoms with E-state index in [2.05, 4.69) is 25.7 Å². The number of carbonyl (C=O) groups excluding carboxylic acids is 1. The van der Waals surface area contributed by atoms with E-state index in [1.54, 1.807) is 42.6 Å². The Labute approximate surface area is 161 Å². The molecule has 0 bridgehead atoms. The number of ether oxygens (including phenoxy) is 1. The first-order chi connectivity index (χ1) is 13.7. The Morgan fingerprint density at radius 1 is 1.11 bits per heavy atom. The molecule has 2 N–H and O–H groups in total. The molecule has 1 aromatic carbocycles. The average molecular weight is 374 g/mol. The van der Waals surface area contributed by atoms with Crippen LogP contribution in [0.4, 0.5) is 10.6 Å². The molecule has 0 radical (unpaired) electrons. The Morgan fingerprint density at radius 2 is 1.89 bits per heavy atom. The Hall–Kier alpha value is -3.94. The van der Waals surface area contributed by atoms with Gasteiger partial charge in [-0.1, -0.05) is 12.1 Å². The van der Waals surface area contributed by atoms with E-state index in [1.807, 2.05) is 36.4 Å². The fourth-order valence-electron chi connectivity index (χ4n) is 2.77. The minimum absolute atomic E-state index is 0.329. The van der Waals surface area contributed by atoms with Gasteiger partial charge in [0.2, 0.25) is 0 Å². The van der Waals surface area contributed by atoms with Crippen molar-refractivity contribution in [1.29, 1.82) is 0 Å². The molecule has 4 rings (SSSR count). The van der Waals surface area contributed by atoms with Crippen LogP contribution in [-0.4, -0.2) is 32.9 Å². The van der Waals surface area contributed by atoms with E-state index in [0.29, 0.717) is 12.4 Å². The lowest BCUT2D eigenvalue weighted by Gasteiger charge is -2.08. The van der Waals surface area contributed by atoms with Crippen LogP contribution in [0.25, 0.3) is 16.6 Å². The molecule has 2 amide bonds. The van der Waals surface area contributed by atoms with Gasteiger partial charge in [-0.3, -0.25) is 10.3 Å². The molecular formula is C20H18N6O2. The van der Waals surface area contributed by atoms with Gasteiger partial charge in [-0.15, -0.1) is 0 Å². The third-order valence-electron chi connectivity index (χ3n) is 4.22. The molecule has 0 unspecified atom stereocenters. The van der Waals surface area contributed by atoms with Crippen molar-refractivity contribution in [3.8, 4) is 11.4 Å². The van der Waals surface area contributed by atoms with Gasteiger partial charge in [-0.2, -0.15) is 5.10 Å². The summed E-state index contributed by atoms with van der Waals surface area (Å²) in [6.07, 6.45) is 6.83. The number of pyridine rings is 2. The van der Waals surface area contributed by atoms with Crippen molar-refractivity contribution in [2.45, 2.75) is 6.54 Å². The second-order valence-electron chi connectivity index (χ2n) is 6.05. The van der Waals surface area contributed by atoms with Gasteiger partial charge >= 0.3 is 6.03 Å². The minimum atomic E-state index is -0.329. The van der Waals surface area contributed by atoms with Crippen molar-refractivity contribution < 1.29 is 9.53 Å². The van der Waals surface area contributed by atoms with Crippen LogP contribution in [-0.2, 0) is 6.54 Å². The van der Waals surface area contributed by atoms with Crippen molar-refractivity contribution in [3.05, 3.63) is 72.8 Å². The number of methoxy groups -OCH3 is 1. The third kappa shape index (κ3) is 3.75. The lowest BCUT2D eigenvalue weighted by Crippen LogP contribution is -2.28. The number of amides is 2. The number of benzene rings is 1. The van der Waals surface area contributed by atoms with Crippen LogP contribution in [0.5, 0.6) is 5.75 Å². The molecule has 3 heterocycles. The van der Waals surface area contributed by atoms with Crippen LogP contribution >= 0.6 is 0 Å². The van der Waals surface area contributed by atoms with Crippen LogP contribution in [0.3, 0.4) is 0 Å². The lowest BCUT2D eigenvalue weighted by molar-refractivity contribution is 0.251. The summed E-state index contributed by atoms with van der Waals surface area (Å²) in [7, 11) is 1.62. The Kier molecular flexibility index (Phi) is 4.83. The van der Waals surface area contributed by atoms with E-state index in [9.17, 15) is 4.79 Å². The van der Waals surface area contributed by atoms with Crippen molar-refractivity contribution >= 4 is 22.8 Å². The van der Waals surface area contributed by atoms with Crippen LogP contribution < -0.4 is 15.4 Å². The monoisotopic (exact) mass is 374 g/mol. The van der Waals surface area contributed by atoms with E-state index in [4.69, 9.17) is 4.74 Å². The molecule has 3 aromatic heterocycles. The van der Waals surface area contributed by atoms with Gasteiger partial charge in [-0.05, 0) is 35.9 Å². The van der Waals surface area contributed by atoms with E-state index in [1.165, 1.54) is 0 Å². The van der Waals surface area contributed by atoms with E-state index < -0.39 is 0 Å². The lowest BCUT2D eigenvalue weighted by atomic mass is 10.2. The van der Waals surface area contributed by atoms with Gasteiger partial charge in [0, 0.05) is 24.3 Å². The fraction of sp³-hybridized carbons (Fsp3) is 0.100. The van der Waals surface area contributed by atoms with Crippen molar-refractivity contribution in [2.75, 3.05) is 12.4 Å². The fourth-order valence-corrected chi connectivity index (χ4v) is 2.77. The molecule has 140 valence electrons. The summed E-state index contributed by atoms with van der Waals surface area (Å²) in [5.74, 6) is 1.23. The first-order valence-electron chi connectivity index (χ1n) is 8.65. The predicted octanol–water partition coefficient (Wildman–Crippen LogP) is 3.15. The first kappa shape index (κ1) is 17.5. The van der Waals surface area contributed by atoms with Crippen LogP contribution in [0.15, 0.2) is 67.3 Å². The number of hydrogen-bond donors (Lipinski definition) is 2. The van der Waals surface area contributed by atoms with Crippen LogP contribution in [0.1, 0.15) is 5.56 Å². The number of aromatic nitrogens is 4. The molecule has 8 nitrogen and oxygen atoms in total. The zero-order chi connectivity index (χ0) is 19.3. The highest BCUT2D eigenvalue weighted by atomic mass is 16.5. The standard InChI is InChI=1S/C20H18N6O2/c1-28-17-4-2-14(3-5-17)11-23-20(27)25-19-10-15-12-24-26(18(15)13-22-19)16-6-8-21-9-7-16/h2-10,12-13H,11H2,1H3,(H2,22,23,25,27). The summed E-state index contributed by atoms with van der Waals surface area (Å²) in [5, 5.41) is 10.8. The number of rotatable bonds is 5. The second kappa shape index (κ2) is 7.75. The first-order valence-corrected chi connectivity index (χ1v) is 8.65. The molecule has 0 fully saturated rings. The van der Waals surface area contributed by atoms with Crippen molar-refractivity contribution in [3.63, 3.8) is 0 Å². The Morgan fingerprint density at radius 3 is 2.64 bits per heavy atom. The molecular weight excluding hydrogens is 356 g/mol. The number of nitrogens with one attached hydrogen (secondary N) is 2. The number of anilines is 1. The maximum atomic E-state index is 12.2. The molecule has 28 heavy (non-hydrogen) atoms. The number of nitrogens with zero attached hydrogens (tertiary/aromatic N) is 4. The van der Waals surface area contributed by atoms with Crippen molar-refractivity contribution in [2.24, 2.45) is 0 Å². The highest BCUT2D eigenvalue weighted by Gasteiger charge is 2.08. The normalized spacial score (nSPS) is 10.6. The zero-order valence-corrected chi connectivity index (χ0v) is 15.2. The molecule has 8 heteroatoms. The van der Waals surface area contributed by atoms with Gasteiger partial charge in [0.25, 0.3) is 0 Å². The third-order valence-corrected chi connectivity index (χ3v) is 4.22. The van der Waals surface area contributed by atoms with Gasteiger partial charge in [0.15, 0.2) is 0 Å². The quantitative estimate of drug-likeness (QED) is 0.560. The van der Waals surface area contributed by atoms with E-state index in [0.717, 1.165) is 27.9 Å². The van der Waals surface area contributed by atoms with Crippen LogP contribution in [0.2, 0.25) is 0 Å². The molecule has 0 aliphatic carbocycles. The summed E-state index contributed by atoms with van der Waals surface area (Å²) in [4.78, 5) is 20.5. The smallest absolute Gasteiger partial charge is 0.320 e. The Balaban J connectivity index is 1.42. The maximum Gasteiger partial charge on any atom is 0.320 e. The molecule has 0 atom stereocenters. The highest BCUT2D eigenvalue weighted by Crippen LogP contribution is 2.19. The summed E-state index contributed by atoms with van der Waals surface area (Å²) < 4.78 is 6.90. The maximum absolute atomic E-state index is 12.2. The van der Waals surface area contributed by atoms with Gasteiger partial charge in [0.1, 0.15) is 11.6 Å². The second-order valence-corrected chi connectivity index (χ2v) is 6.05. The molecule has 0 aliphatic rings. The van der Waals surface area contributed by atoms with Crippen molar-refractivity contribution in [1.82, 2.24) is 25.1 Å². The number of fused-ring (bicyclic) bond motifs is 1. The van der Waals surface area contributed by atoms with Gasteiger partial charge in [-0.25, -0.2) is 14.5 Å². The molecule has 0 aliphatic heterocycles. The highest BCUT2D eigenvalue weighted by molar-refractivity contribution is 5.91. The summed E-state index contributed by atoms with van der Waals surface area (Å²) in [5.41, 5.74) is 2.71. The largest absolute Gasteiger partial charge is 0.497 e. The minimum Gasteiger partial charge on any atom is -0.497 e. The zero-order valence-electron chi connectivity index (χ0n) is 15.2. The summed E-state index contributed by atoms with van der Waals surface area (Å²) in [6, 6.07) is 12.7. The number of hydrogen-bond acceptors (Lipinski definition) is 5. The predicted molar refractivity (Wildman–Crippen MR) is 106 cm³/mol. The van der Waals surface area contributed by atoms with Crippen LogP contribution in [0, 0.1) is 0 Å². The topological polar surface area (TPSA) is 94.0 Å². The van der Waals surface area contributed by atoms with Gasteiger partial charge < -0.3 is 10.1 Å². The van der Waals surface area contributed by atoms with Gasteiger partial charge in [0.05, 0.1) is 30.7 Å². The molecule has 0 saturated carbocycles. The van der Waals surface area contributed by atoms with E-state index >= 15 is 0 Å². The Bertz CT molecular complexity index is 1090. The molecule has 0 saturated heterocycles. The SMILES string of the molecule is COc1ccc(CNC(=O)Nc2cc3cnn(-c4ccncc4)c3cn2)cc1. The molecule has 4 aromatic rings. The number of carbonyl (C=O) groups is 1. The molecule has 0 spiro atoms. The number of urea groups is 1. The average Bonchev–Trinajstić information content (AvgIpc) is 3.16.